The minimum absolute atomic E-state index is 0.0521. The third kappa shape index (κ3) is 3.35. The van der Waals surface area contributed by atoms with Crippen LogP contribution in [0.2, 0.25) is 0 Å². The molecular formula is C10H19NO2. The zero-order chi connectivity index (χ0) is 9.68. The number of carbonyl (C=O) groups excluding carboxylic acids is 1. The molecule has 76 valence electrons. The zero-order valence-corrected chi connectivity index (χ0v) is 8.51. The number of nitrogens with one attached hydrogen (secondary N) is 1. The molecular weight excluding hydrogens is 166 g/mol. The second-order valence-electron chi connectivity index (χ2n) is 3.66. The molecule has 0 aromatic rings. The Labute approximate surface area is 79.8 Å². The van der Waals surface area contributed by atoms with Crippen LogP contribution in [-0.2, 0) is 9.53 Å². The fraction of sp³-hybridized carbons (Fsp3) is 0.900. The van der Waals surface area contributed by atoms with E-state index < -0.39 is 0 Å². The first-order valence-electron chi connectivity index (χ1n) is 5.18. The summed E-state index contributed by atoms with van der Waals surface area (Å²) in [7, 11) is 0. The van der Waals surface area contributed by atoms with Gasteiger partial charge in [-0.3, -0.25) is 4.79 Å². The predicted molar refractivity (Wildman–Crippen MR) is 51.5 cm³/mol. The Morgan fingerprint density at radius 3 is 2.92 bits per heavy atom. The van der Waals surface area contributed by atoms with Crippen molar-refractivity contribution in [2.45, 2.75) is 51.7 Å². The van der Waals surface area contributed by atoms with Gasteiger partial charge in [-0.1, -0.05) is 13.3 Å². The molecule has 0 aromatic heterocycles. The highest BCUT2D eigenvalue weighted by atomic mass is 16.5. The molecule has 0 amide bonds. The highest BCUT2D eigenvalue weighted by molar-refractivity contribution is 5.76. The van der Waals surface area contributed by atoms with Crippen molar-refractivity contribution in [1.82, 2.24) is 5.32 Å². The van der Waals surface area contributed by atoms with Crippen molar-refractivity contribution in [3.05, 3.63) is 0 Å². The second kappa shape index (κ2) is 5.22. The van der Waals surface area contributed by atoms with Crippen LogP contribution in [0, 0.1) is 0 Å². The number of ether oxygens (including phenoxy) is 1. The molecule has 0 aromatic carbocycles. The Morgan fingerprint density at radius 1 is 1.62 bits per heavy atom. The second-order valence-corrected chi connectivity index (χ2v) is 3.66. The van der Waals surface area contributed by atoms with Gasteiger partial charge in [0.15, 0.2) is 0 Å². The van der Waals surface area contributed by atoms with Crippen molar-refractivity contribution in [2.24, 2.45) is 0 Å². The summed E-state index contributed by atoms with van der Waals surface area (Å²) in [6.07, 6.45) is 4.17. The molecule has 3 nitrogen and oxygen atoms in total. The smallest absolute Gasteiger partial charge is 0.323 e. The van der Waals surface area contributed by atoms with Crippen molar-refractivity contribution >= 4 is 5.97 Å². The minimum Gasteiger partial charge on any atom is -0.462 e. The van der Waals surface area contributed by atoms with Crippen LogP contribution < -0.4 is 5.32 Å². The SMILES string of the molecule is CC[C@@H](C)OC(=O)C1CCCCN1. The van der Waals surface area contributed by atoms with Crippen molar-refractivity contribution < 1.29 is 9.53 Å². The summed E-state index contributed by atoms with van der Waals surface area (Å²) in [5.41, 5.74) is 0. The van der Waals surface area contributed by atoms with Crippen LogP contribution in [-0.4, -0.2) is 24.7 Å². The van der Waals surface area contributed by atoms with Gasteiger partial charge in [-0.2, -0.15) is 0 Å². The third-order valence-corrected chi connectivity index (χ3v) is 2.49. The summed E-state index contributed by atoms with van der Waals surface area (Å²) < 4.78 is 5.24. The highest BCUT2D eigenvalue weighted by Gasteiger charge is 2.22. The molecule has 13 heavy (non-hydrogen) atoms. The lowest BCUT2D eigenvalue weighted by Gasteiger charge is -2.23. The van der Waals surface area contributed by atoms with Crippen LogP contribution in [0.15, 0.2) is 0 Å². The Bertz CT molecular complexity index is 164. The number of hydrogen-bond acceptors (Lipinski definition) is 3. The van der Waals surface area contributed by atoms with Crippen LogP contribution in [0.5, 0.6) is 0 Å². The van der Waals surface area contributed by atoms with E-state index in [1.807, 2.05) is 13.8 Å². The zero-order valence-electron chi connectivity index (χ0n) is 8.51. The summed E-state index contributed by atoms with van der Waals surface area (Å²) in [6, 6.07) is -0.0530. The average Bonchev–Trinajstić information content (AvgIpc) is 2.19. The summed E-state index contributed by atoms with van der Waals surface area (Å²) in [5.74, 6) is -0.0750. The molecule has 1 N–H and O–H groups in total. The molecule has 3 heteroatoms. The fourth-order valence-electron chi connectivity index (χ4n) is 1.42. The summed E-state index contributed by atoms with van der Waals surface area (Å²) in [4.78, 5) is 11.5. The van der Waals surface area contributed by atoms with E-state index >= 15 is 0 Å². The topological polar surface area (TPSA) is 38.3 Å². The van der Waals surface area contributed by atoms with E-state index in [0.717, 1.165) is 25.8 Å². The highest BCUT2D eigenvalue weighted by Crippen LogP contribution is 2.09. The van der Waals surface area contributed by atoms with Gasteiger partial charge >= 0.3 is 5.97 Å². The van der Waals surface area contributed by atoms with Crippen LogP contribution >= 0.6 is 0 Å². The number of hydrogen-bond donors (Lipinski definition) is 1. The molecule has 1 fully saturated rings. The van der Waals surface area contributed by atoms with E-state index in [0.29, 0.717) is 0 Å². The number of esters is 1. The summed E-state index contributed by atoms with van der Waals surface area (Å²) in [5, 5.41) is 3.17. The molecule has 0 aliphatic carbocycles. The molecule has 2 atom stereocenters. The Kier molecular flexibility index (Phi) is 4.22. The number of piperidine rings is 1. The van der Waals surface area contributed by atoms with Crippen LogP contribution in [0.4, 0.5) is 0 Å². The first-order chi connectivity index (χ1) is 6.24. The lowest BCUT2D eigenvalue weighted by Crippen LogP contribution is -2.42. The maximum absolute atomic E-state index is 11.5. The largest absolute Gasteiger partial charge is 0.462 e. The molecule has 0 bridgehead atoms. The van der Waals surface area contributed by atoms with Gasteiger partial charge in [-0.25, -0.2) is 0 Å². The van der Waals surface area contributed by atoms with Gasteiger partial charge in [0.05, 0.1) is 6.10 Å². The molecule has 0 radical (unpaired) electrons. The van der Waals surface area contributed by atoms with E-state index in [9.17, 15) is 4.79 Å². The molecule has 0 saturated carbocycles. The fourth-order valence-corrected chi connectivity index (χ4v) is 1.42. The van der Waals surface area contributed by atoms with Gasteiger partial charge in [0, 0.05) is 0 Å². The number of carbonyl (C=O) groups is 1. The van der Waals surface area contributed by atoms with Crippen molar-refractivity contribution in [2.75, 3.05) is 6.54 Å². The molecule has 1 rings (SSSR count). The van der Waals surface area contributed by atoms with E-state index in [-0.39, 0.29) is 18.1 Å². The van der Waals surface area contributed by atoms with Gasteiger partial charge in [0.25, 0.3) is 0 Å². The Balaban J connectivity index is 2.29. The van der Waals surface area contributed by atoms with E-state index in [4.69, 9.17) is 4.74 Å². The molecule has 1 unspecified atom stereocenters. The number of rotatable bonds is 3. The third-order valence-electron chi connectivity index (χ3n) is 2.49. The maximum Gasteiger partial charge on any atom is 0.323 e. The normalized spacial score (nSPS) is 25.2. The van der Waals surface area contributed by atoms with Gasteiger partial charge in [0.1, 0.15) is 6.04 Å². The lowest BCUT2D eigenvalue weighted by atomic mass is 10.1. The van der Waals surface area contributed by atoms with E-state index in [1.165, 1.54) is 6.42 Å². The lowest BCUT2D eigenvalue weighted by molar-refractivity contribution is -0.151. The van der Waals surface area contributed by atoms with Crippen LogP contribution in [0.1, 0.15) is 39.5 Å². The molecule has 1 saturated heterocycles. The standard InChI is InChI=1S/C10H19NO2/c1-3-8(2)13-10(12)9-6-4-5-7-11-9/h8-9,11H,3-7H2,1-2H3/t8-,9?/m1/s1. The molecule has 0 spiro atoms. The van der Waals surface area contributed by atoms with E-state index in [2.05, 4.69) is 5.32 Å². The van der Waals surface area contributed by atoms with Crippen molar-refractivity contribution in [3.8, 4) is 0 Å². The average molecular weight is 185 g/mol. The van der Waals surface area contributed by atoms with Crippen molar-refractivity contribution in [1.29, 1.82) is 0 Å². The first-order valence-corrected chi connectivity index (χ1v) is 5.18. The Hall–Kier alpha value is -0.570. The van der Waals surface area contributed by atoms with Crippen LogP contribution in [0.25, 0.3) is 0 Å². The Morgan fingerprint density at radius 2 is 2.38 bits per heavy atom. The van der Waals surface area contributed by atoms with Gasteiger partial charge in [0.2, 0.25) is 0 Å². The van der Waals surface area contributed by atoms with Gasteiger partial charge in [-0.05, 0) is 32.7 Å². The minimum atomic E-state index is -0.0750. The predicted octanol–water partition coefficient (Wildman–Crippen LogP) is 1.47. The quantitative estimate of drug-likeness (QED) is 0.677. The first kappa shape index (κ1) is 10.5. The molecule has 1 heterocycles. The molecule has 1 aliphatic heterocycles. The monoisotopic (exact) mass is 185 g/mol. The van der Waals surface area contributed by atoms with E-state index in [1.54, 1.807) is 0 Å². The summed E-state index contributed by atoms with van der Waals surface area (Å²) >= 11 is 0. The van der Waals surface area contributed by atoms with Gasteiger partial charge < -0.3 is 10.1 Å². The van der Waals surface area contributed by atoms with Crippen molar-refractivity contribution in [3.63, 3.8) is 0 Å². The summed E-state index contributed by atoms with van der Waals surface area (Å²) in [6.45, 7) is 4.90. The van der Waals surface area contributed by atoms with Crippen LogP contribution in [0.3, 0.4) is 0 Å². The van der Waals surface area contributed by atoms with Gasteiger partial charge in [-0.15, -0.1) is 0 Å². The maximum atomic E-state index is 11.5. The molecule has 1 aliphatic rings.